The maximum absolute atomic E-state index is 5.25. The standard InChI is InChI=1S/C52H35N/c1-52(2)47-20-9-7-17-43(47)51-50(52)49(44-18-8-10-21-48(44)53-51)34-24-22-32(23-25-34)35-26-28-41-42-29-27-36(38-19-11-13-33-12-3-4-14-37(33)38)31-46(42)40-16-6-5-15-39(40)45(41)30-35/h3-31H,1-2H3. The Morgan fingerprint density at radius 3 is 1.68 bits per heavy atom. The van der Waals surface area contributed by atoms with Gasteiger partial charge >= 0.3 is 0 Å². The molecule has 0 fully saturated rings. The Morgan fingerprint density at radius 1 is 0.377 bits per heavy atom. The van der Waals surface area contributed by atoms with Crippen molar-refractivity contribution < 1.29 is 0 Å². The van der Waals surface area contributed by atoms with E-state index < -0.39 is 0 Å². The van der Waals surface area contributed by atoms with E-state index in [1.807, 2.05) is 0 Å². The highest BCUT2D eigenvalue weighted by atomic mass is 14.7. The quantitative estimate of drug-likeness (QED) is 0.170. The molecule has 10 aromatic rings. The fourth-order valence-electron chi connectivity index (χ4n) is 9.29. The molecular weight excluding hydrogens is 639 g/mol. The lowest BCUT2D eigenvalue weighted by Gasteiger charge is -2.25. The second-order valence-corrected chi connectivity index (χ2v) is 15.1. The van der Waals surface area contributed by atoms with E-state index in [4.69, 9.17) is 4.98 Å². The van der Waals surface area contributed by atoms with Crippen LogP contribution in [0.25, 0.3) is 98.6 Å². The second kappa shape index (κ2) is 11.2. The van der Waals surface area contributed by atoms with Crippen LogP contribution in [0.5, 0.6) is 0 Å². The topological polar surface area (TPSA) is 12.9 Å². The molecule has 1 aromatic heterocycles. The van der Waals surface area contributed by atoms with Crippen LogP contribution in [0.3, 0.4) is 0 Å². The van der Waals surface area contributed by atoms with Gasteiger partial charge in [0, 0.05) is 16.4 Å². The van der Waals surface area contributed by atoms with Crippen molar-refractivity contribution in [3.63, 3.8) is 0 Å². The molecule has 0 spiro atoms. The van der Waals surface area contributed by atoms with Gasteiger partial charge in [-0.05, 0) is 106 Å². The number of pyridine rings is 1. The summed E-state index contributed by atoms with van der Waals surface area (Å²) in [4.78, 5) is 5.25. The van der Waals surface area contributed by atoms with Gasteiger partial charge in [-0.15, -0.1) is 0 Å². The monoisotopic (exact) mass is 673 g/mol. The maximum Gasteiger partial charge on any atom is 0.0759 e. The summed E-state index contributed by atoms with van der Waals surface area (Å²) < 4.78 is 0. The van der Waals surface area contributed by atoms with Crippen molar-refractivity contribution >= 4 is 54.0 Å². The summed E-state index contributed by atoms with van der Waals surface area (Å²) >= 11 is 0. The number of rotatable bonds is 3. The molecule has 1 heterocycles. The van der Waals surface area contributed by atoms with Crippen LogP contribution in [-0.4, -0.2) is 4.98 Å². The summed E-state index contributed by atoms with van der Waals surface area (Å²) in [6, 6.07) is 64.8. The molecular formula is C52H35N. The Kier molecular flexibility index (Phi) is 6.37. The average Bonchev–Trinajstić information content (AvgIpc) is 3.45. The van der Waals surface area contributed by atoms with Crippen molar-refractivity contribution in [3.8, 4) is 44.6 Å². The van der Waals surface area contributed by atoms with Crippen LogP contribution >= 0.6 is 0 Å². The predicted molar refractivity (Wildman–Crippen MR) is 226 cm³/mol. The van der Waals surface area contributed by atoms with E-state index in [0.29, 0.717) is 0 Å². The normalized spacial score (nSPS) is 13.2. The zero-order chi connectivity index (χ0) is 35.3. The largest absolute Gasteiger partial charge is 0.247 e. The lowest BCUT2D eigenvalue weighted by Crippen LogP contribution is -2.16. The molecule has 53 heavy (non-hydrogen) atoms. The first-order valence-corrected chi connectivity index (χ1v) is 18.5. The number of hydrogen-bond donors (Lipinski definition) is 0. The molecule has 1 aliphatic carbocycles. The summed E-state index contributed by atoms with van der Waals surface area (Å²) in [7, 11) is 0. The van der Waals surface area contributed by atoms with Crippen LogP contribution in [0, 0.1) is 0 Å². The molecule has 0 bridgehead atoms. The summed E-state index contributed by atoms with van der Waals surface area (Å²) in [5.74, 6) is 0. The van der Waals surface area contributed by atoms with E-state index in [1.54, 1.807) is 0 Å². The van der Waals surface area contributed by atoms with E-state index in [2.05, 4.69) is 190 Å². The smallest absolute Gasteiger partial charge is 0.0759 e. The van der Waals surface area contributed by atoms with Gasteiger partial charge in [-0.25, -0.2) is 4.98 Å². The van der Waals surface area contributed by atoms with Crippen molar-refractivity contribution in [1.29, 1.82) is 0 Å². The van der Waals surface area contributed by atoms with Gasteiger partial charge in [0.15, 0.2) is 0 Å². The van der Waals surface area contributed by atoms with E-state index in [1.165, 1.54) is 98.5 Å². The fraction of sp³-hybridized carbons (Fsp3) is 0.0577. The maximum atomic E-state index is 5.25. The summed E-state index contributed by atoms with van der Waals surface area (Å²) in [5, 5.41) is 11.5. The van der Waals surface area contributed by atoms with Crippen LogP contribution in [0.2, 0.25) is 0 Å². The summed E-state index contributed by atoms with van der Waals surface area (Å²) in [6.45, 7) is 4.69. The van der Waals surface area contributed by atoms with E-state index in [9.17, 15) is 0 Å². The Bertz CT molecular complexity index is 3100. The first-order valence-electron chi connectivity index (χ1n) is 18.5. The van der Waals surface area contributed by atoms with Gasteiger partial charge < -0.3 is 0 Å². The first kappa shape index (κ1) is 30.1. The minimum absolute atomic E-state index is 0.158. The number of fused-ring (bicyclic) bond motifs is 11. The molecule has 9 aromatic carbocycles. The third kappa shape index (κ3) is 4.41. The molecule has 0 N–H and O–H groups in total. The minimum atomic E-state index is -0.158. The molecule has 0 saturated carbocycles. The molecule has 0 amide bonds. The number of hydrogen-bond acceptors (Lipinski definition) is 1. The van der Waals surface area contributed by atoms with E-state index in [0.717, 1.165) is 11.2 Å². The number of para-hydroxylation sites is 1. The molecule has 1 nitrogen and oxygen atoms in total. The number of nitrogens with zero attached hydrogens (tertiary/aromatic N) is 1. The second-order valence-electron chi connectivity index (χ2n) is 15.1. The van der Waals surface area contributed by atoms with Gasteiger partial charge in [0.05, 0.1) is 11.2 Å². The van der Waals surface area contributed by atoms with Crippen LogP contribution in [0.4, 0.5) is 0 Å². The molecule has 11 rings (SSSR count). The fourth-order valence-corrected chi connectivity index (χ4v) is 9.29. The summed E-state index contributed by atoms with van der Waals surface area (Å²) in [6.07, 6.45) is 0. The molecule has 1 heteroatoms. The number of aromatic nitrogens is 1. The van der Waals surface area contributed by atoms with Gasteiger partial charge in [0.1, 0.15) is 0 Å². The highest BCUT2D eigenvalue weighted by Crippen LogP contribution is 2.53. The molecule has 0 aliphatic heterocycles. The molecule has 248 valence electrons. The van der Waals surface area contributed by atoms with Crippen LogP contribution < -0.4 is 0 Å². The Balaban J connectivity index is 1.05. The summed E-state index contributed by atoms with van der Waals surface area (Å²) in [5.41, 5.74) is 13.4. The third-order valence-electron chi connectivity index (χ3n) is 11.8. The van der Waals surface area contributed by atoms with Crippen LogP contribution in [-0.2, 0) is 5.41 Å². The van der Waals surface area contributed by atoms with E-state index >= 15 is 0 Å². The third-order valence-corrected chi connectivity index (χ3v) is 11.8. The number of benzene rings is 9. The minimum Gasteiger partial charge on any atom is -0.247 e. The zero-order valence-electron chi connectivity index (χ0n) is 29.7. The lowest BCUT2D eigenvalue weighted by molar-refractivity contribution is 0.662. The van der Waals surface area contributed by atoms with Gasteiger partial charge in [-0.2, -0.15) is 0 Å². The van der Waals surface area contributed by atoms with Gasteiger partial charge in [0.2, 0.25) is 0 Å². The van der Waals surface area contributed by atoms with Gasteiger partial charge in [-0.3, -0.25) is 0 Å². The van der Waals surface area contributed by atoms with Gasteiger partial charge in [-0.1, -0.05) is 172 Å². The van der Waals surface area contributed by atoms with E-state index in [-0.39, 0.29) is 5.41 Å². The molecule has 0 unspecified atom stereocenters. The van der Waals surface area contributed by atoms with Gasteiger partial charge in [0.25, 0.3) is 0 Å². The zero-order valence-corrected chi connectivity index (χ0v) is 29.7. The SMILES string of the molecule is CC1(C)c2ccccc2-c2nc3ccccc3c(-c3ccc(-c4ccc5c6ccc(-c7cccc8ccccc78)cc6c6ccccc6c5c4)cc3)c21. The Morgan fingerprint density at radius 2 is 0.906 bits per heavy atom. The first-order chi connectivity index (χ1) is 26.0. The van der Waals surface area contributed by atoms with Crippen molar-refractivity contribution in [3.05, 3.63) is 187 Å². The molecule has 0 radical (unpaired) electrons. The highest BCUT2D eigenvalue weighted by molar-refractivity contribution is 6.26. The Labute approximate surface area is 308 Å². The molecule has 1 aliphatic rings. The highest BCUT2D eigenvalue weighted by Gasteiger charge is 2.39. The Hall–Kier alpha value is -6.57. The molecule has 0 saturated heterocycles. The van der Waals surface area contributed by atoms with Crippen LogP contribution in [0.15, 0.2) is 176 Å². The molecule has 0 atom stereocenters. The van der Waals surface area contributed by atoms with Crippen molar-refractivity contribution in [2.75, 3.05) is 0 Å². The van der Waals surface area contributed by atoms with Crippen molar-refractivity contribution in [2.24, 2.45) is 0 Å². The van der Waals surface area contributed by atoms with Crippen LogP contribution in [0.1, 0.15) is 25.0 Å². The van der Waals surface area contributed by atoms with Crippen molar-refractivity contribution in [2.45, 2.75) is 19.3 Å². The lowest BCUT2D eigenvalue weighted by atomic mass is 9.78. The average molecular weight is 674 g/mol. The van der Waals surface area contributed by atoms with Crippen molar-refractivity contribution in [1.82, 2.24) is 4.98 Å². The predicted octanol–water partition coefficient (Wildman–Crippen LogP) is 14.2.